The number of hydrogen-bond acceptors (Lipinski definition) is 4. The summed E-state index contributed by atoms with van der Waals surface area (Å²) in [4.78, 5) is 0. The maximum absolute atomic E-state index is 3.98. The first-order chi connectivity index (χ1) is 7.72. The van der Waals surface area contributed by atoms with Crippen molar-refractivity contribution in [1.82, 2.24) is 25.5 Å². The third kappa shape index (κ3) is 2.12. The van der Waals surface area contributed by atoms with Crippen molar-refractivity contribution in [3.8, 4) is 5.69 Å². The van der Waals surface area contributed by atoms with Crippen LogP contribution in [-0.4, -0.2) is 27.3 Å². The maximum atomic E-state index is 3.98. The van der Waals surface area contributed by atoms with E-state index >= 15 is 0 Å². The van der Waals surface area contributed by atoms with E-state index in [0.717, 1.165) is 21.5 Å². The predicted octanol–water partition coefficient (Wildman–Crippen LogP) is 1.45. The fourth-order valence-electron chi connectivity index (χ4n) is 1.44. The van der Waals surface area contributed by atoms with Crippen molar-refractivity contribution < 1.29 is 0 Å². The molecule has 1 aromatic heterocycles. The Kier molecular flexibility index (Phi) is 3.31. The Hall–Kier alpha value is -1.27. The van der Waals surface area contributed by atoms with E-state index in [1.165, 1.54) is 0 Å². The SMILES string of the molecule is CNCc1nnnn1-c1ccc(Br)c(C)c1. The van der Waals surface area contributed by atoms with E-state index in [1.807, 2.05) is 32.2 Å². The molecule has 0 spiro atoms. The van der Waals surface area contributed by atoms with Crippen molar-refractivity contribution in [2.75, 3.05) is 7.05 Å². The number of nitrogens with one attached hydrogen (secondary N) is 1. The molecule has 0 aliphatic heterocycles. The van der Waals surface area contributed by atoms with E-state index in [1.54, 1.807) is 4.68 Å². The van der Waals surface area contributed by atoms with Crippen LogP contribution in [-0.2, 0) is 6.54 Å². The number of benzene rings is 1. The average molecular weight is 282 g/mol. The molecule has 0 amide bonds. The second kappa shape index (κ2) is 4.71. The molecule has 0 saturated carbocycles. The van der Waals surface area contributed by atoms with Gasteiger partial charge in [-0.1, -0.05) is 15.9 Å². The molecule has 16 heavy (non-hydrogen) atoms. The van der Waals surface area contributed by atoms with Crippen molar-refractivity contribution in [3.63, 3.8) is 0 Å². The molecule has 0 unspecified atom stereocenters. The monoisotopic (exact) mass is 281 g/mol. The van der Waals surface area contributed by atoms with E-state index < -0.39 is 0 Å². The van der Waals surface area contributed by atoms with Crippen LogP contribution >= 0.6 is 15.9 Å². The first-order valence-corrected chi connectivity index (χ1v) is 5.70. The minimum atomic E-state index is 0.641. The third-order valence-electron chi connectivity index (χ3n) is 2.26. The first-order valence-electron chi connectivity index (χ1n) is 4.90. The maximum Gasteiger partial charge on any atom is 0.170 e. The summed E-state index contributed by atoms with van der Waals surface area (Å²) >= 11 is 3.47. The van der Waals surface area contributed by atoms with Crippen LogP contribution in [0.4, 0.5) is 0 Å². The van der Waals surface area contributed by atoms with Crippen LogP contribution in [0.3, 0.4) is 0 Å². The van der Waals surface area contributed by atoms with Gasteiger partial charge >= 0.3 is 0 Å². The summed E-state index contributed by atoms with van der Waals surface area (Å²) < 4.78 is 2.81. The molecule has 0 radical (unpaired) electrons. The lowest BCUT2D eigenvalue weighted by Crippen LogP contribution is -2.12. The molecular formula is C10H12BrN5. The van der Waals surface area contributed by atoms with Gasteiger partial charge in [-0.25, -0.2) is 0 Å². The smallest absolute Gasteiger partial charge is 0.170 e. The molecule has 1 N–H and O–H groups in total. The normalized spacial score (nSPS) is 10.7. The largest absolute Gasteiger partial charge is 0.313 e. The molecule has 6 heteroatoms. The molecule has 2 rings (SSSR count). The number of hydrogen-bond donors (Lipinski definition) is 1. The van der Waals surface area contributed by atoms with Crippen LogP contribution < -0.4 is 5.32 Å². The zero-order valence-corrected chi connectivity index (χ0v) is 10.7. The van der Waals surface area contributed by atoms with Gasteiger partial charge in [0.05, 0.1) is 12.2 Å². The number of tetrazole rings is 1. The summed E-state index contributed by atoms with van der Waals surface area (Å²) in [5, 5.41) is 14.7. The van der Waals surface area contributed by atoms with Crippen LogP contribution in [0.15, 0.2) is 22.7 Å². The minimum Gasteiger partial charge on any atom is -0.313 e. The molecule has 1 heterocycles. The quantitative estimate of drug-likeness (QED) is 0.925. The molecule has 0 atom stereocenters. The van der Waals surface area contributed by atoms with Crippen molar-refractivity contribution >= 4 is 15.9 Å². The first kappa shape index (κ1) is 11.2. The van der Waals surface area contributed by atoms with Crippen molar-refractivity contribution in [3.05, 3.63) is 34.1 Å². The highest BCUT2D eigenvalue weighted by Gasteiger charge is 2.07. The molecule has 0 aliphatic carbocycles. The Balaban J connectivity index is 2.42. The topological polar surface area (TPSA) is 55.6 Å². The summed E-state index contributed by atoms with van der Waals surface area (Å²) in [7, 11) is 1.87. The molecule has 1 aromatic carbocycles. The molecule has 84 valence electrons. The van der Waals surface area contributed by atoms with Crippen molar-refractivity contribution in [1.29, 1.82) is 0 Å². The van der Waals surface area contributed by atoms with E-state index in [2.05, 4.69) is 36.8 Å². The highest BCUT2D eigenvalue weighted by atomic mass is 79.9. The molecular weight excluding hydrogens is 270 g/mol. The summed E-state index contributed by atoms with van der Waals surface area (Å²) in [6, 6.07) is 6.02. The van der Waals surface area contributed by atoms with Gasteiger partial charge in [0.15, 0.2) is 5.82 Å². The zero-order chi connectivity index (χ0) is 11.5. The lowest BCUT2D eigenvalue weighted by molar-refractivity contribution is 0.708. The van der Waals surface area contributed by atoms with Gasteiger partial charge in [-0.15, -0.1) is 5.10 Å². The van der Waals surface area contributed by atoms with Gasteiger partial charge in [-0.3, -0.25) is 0 Å². The molecule has 0 bridgehead atoms. The van der Waals surface area contributed by atoms with Crippen molar-refractivity contribution in [2.24, 2.45) is 0 Å². The van der Waals surface area contributed by atoms with Crippen molar-refractivity contribution in [2.45, 2.75) is 13.5 Å². The second-order valence-corrected chi connectivity index (χ2v) is 4.33. The Morgan fingerprint density at radius 2 is 2.25 bits per heavy atom. The van der Waals surface area contributed by atoms with Gasteiger partial charge in [0, 0.05) is 4.47 Å². The molecule has 5 nitrogen and oxygen atoms in total. The molecule has 0 aliphatic rings. The van der Waals surface area contributed by atoms with E-state index in [-0.39, 0.29) is 0 Å². The molecule has 2 aromatic rings. The van der Waals surface area contributed by atoms with E-state index in [9.17, 15) is 0 Å². The number of rotatable bonds is 3. The Bertz CT molecular complexity index is 494. The van der Waals surface area contributed by atoms with Crippen LogP contribution in [0.5, 0.6) is 0 Å². The van der Waals surface area contributed by atoms with Gasteiger partial charge in [-0.2, -0.15) is 4.68 Å². The average Bonchev–Trinajstić information content (AvgIpc) is 2.71. The summed E-state index contributed by atoms with van der Waals surface area (Å²) in [5.74, 6) is 0.796. The van der Waals surface area contributed by atoms with Gasteiger partial charge in [-0.05, 0) is 48.2 Å². The summed E-state index contributed by atoms with van der Waals surface area (Å²) in [5.41, 5.74) is 2.12. The summed E-state index contributed by atoms with van der Waals surface area (Å²) in [6.45, 7) is 2.68. The Morgan fingerprint density at radius 3 is 2.94 bits per heavy atom. The van der Waals surface area contributed by atoms with Crippen LogP contribution in [0.2, 0.25) is 0 Å². The highest BCUT2D eigenvalue weighted by molar-refractivity contribution is 9.10. The molecule has 0 fully saturated rings. The third-order valence-corrected chi connectivity index (χ3v) is 3.14. The second-order valence-electron chi connectivity index (χ2n) is 3.47. The standard InChI is InChI=1S/C10H12BrN5/c1-7-5-8(3-4-9(7)11)16-10(6-12-2)13-14-15-16/h3-5,12H,6H2,1-2H3. The lowest BCUT2D eigenvalue weighted by atomic mass is 10.2. The summed E-state index contributed by atoms with van der Waals surface area (Å²) in [6.07, 6.45) is 0. The fourth-order valence-corrected chi connectivity index (χ4v) is 1.68. The minimum absolute atomic E-state index is 0.641. The van der Waals surface area contributed by atoms with Crippen LogP contribution in [0.1, 0.15) is 11.4 Å². The number of nitrogens with zero attached hydrogens (tertiary/aromatic N) is 4. The van der Waals surface area contributed by atoms with Crippen LogP contribution in [0.25, 0.3) is 5.69 Å². The number of aromatic nitrogens is 4. The van der Waals surface area contributed by atoms with Gasteiger partial charge in [0.25, 0.3) is 0 Å². The van der Waals surface area contributed by atoms with Crippen LogP contribution in [0, 0.1) is 6.92 Å². The molecule has 0 saturated heterocycles. The lowest BCUT2D eigenvalue weighted by Gasteiger charge is -2.06. The Morgan fingerprint density at radius 1 is 1.44 bits per heavy atom. The highest BCUT2D eigenvalue weighted by Crippen LogP contribution is 2.19. The van der Waals surface area contributed by atoms with Gasteiger partial charge < -0.3 is 5.32 Å². The fraction of sp³-hybridized carbons (Fsp3) is 0.300. The van der Waals surface area contributed by atoms with E-state index in [0.29, 0.717) is 6.54 Å². The zero-order valence-electron chi connectivity index (χ0n) is 9.11. The van der Waals surface area contributed by atoms with Gasteiger partial charge in [0.2, 0.25) is 0 Å². The Labute approximate surface area is 102 Å². The van der Waals surface area contributed by atoms with Gasteiger partial charge in [0.1, 0.15) is 0 Å². The van der Waals surface area contributed by atoms with E-state index in [4.69, 9.17) is 0 Å². The number of aryl methyl sites for hydroxylation is 1. The predicted molar refractivity (Wildman–Crippen MR) is 64.4 cm³/mol. The number of halogens is 1.